The van der Waals surface area contributed by atoms with E-state index in [1.165, 1.54) is 0 Å². The molecule has 0 unspecified atom stereocenters. The number of benzene rings is 1. The lowest BCUT2D eigenvalue weighted by molar-refractivity contribution is 0.0896. The molecule has 0 saturated heterocycles. The number of ketones is 1. The van der Waals surface area contributed by atoms with Crippen molar-refractivity contribution in [3.05, 3.63) is 29.3 Å². The quantitative estimate of drug-likeness (QED) is 0.555. The van der Waals surface area contributed by atoms with Gasteiger partial charge < -0.3 is 9.47 Å². The molecule has 0 radical (unpaired) electrons. The molecule has 1 aliphatic heterocycles. The molecule has 1 aliphatic rings. The summed E-state index contributed by atoms with van der Waals surface area (Å²) in [6.07, 6.45) is 0.899. The Balaban J connectivity index is 1.89. The first-order valence-corrected chi connectivity index (χ1v) is 6.76. The Kier molecular flexibility index (Phi) is 4.93. The van der Waals surface area contributed by atoms with E-state index in [0.29, 0.717) is 19.8 Å². The first kappa shape index (κ1) is 14.0. The minimum Gasteiger partial charge on any atom is -0.493 e. The predicted molar refractivity (Wildman–Crippen MR) is 74.0 cm³/mol. The van der Waals surface area contributed by atoms with Gasteiger partial charge in [-0.25, -0.2) is 0 Å². The van der Waals surface area contributed by atoms with Crippen LogP contribution in [0.25, 0.3) is 0 Å². The van der Waals surface area contributed by atoms with Gasteiger partial charge in [0.1, 0.15) is 5.75 Å². The number of hydrogen-bond acceptors (Lipinski definition) is 4. The van der Waals surface area contributed by atoms with Gasteiger partial charge in [-0.1, -0.05) is 0 Å². The third-order valence-corrected chi connectivity index (χ3v) is 3.25. The standard InChI is InChI=1S/C15H21NO3/c1-3-18-9-7-16(2)11-14(17)12-4-5-15-13(10-12)6-8-19-15/h4-5,10H,3,6-9,11H2,1-2H3. The van der Waals surface area contributed by atoms with Crippen molar-refractivity contribution in [3.8, 4) is 5.75 Å². The van der Waals surface area contributed by atoms with E-state index in [4.69, 9.17) is 9.47 Å². The Hall–Kier alpha value is -1.39. The van der Waals surface area contributed by atoms with Crippen LogP contribution in [-0.4, -0.2) is 50.6 Å². The molecule has 4 heteroatoms. The Morgan fingerprint density at radius 1 is 1.47 bits per heavy atom. The van der Waals surface area contributed by atoms with Crippen LogP contribution in [0.15, 0.2) is 18.2 Å². The number of carbonyl (C=O) groups is 1. The van der Waals surface area contributed by atoms with Crippen LogP contribution in [0.2, 0.25) is 0 Å². The molecule has 0 saturated carbocycles. The number of likely N-dealkylation sites (N-methyl/N-ethyl adjacent to an activating group) is 1. The van der Waals surface area contributed by atoms with Crippen molar-refractivity contribution in [1.82, 2.24) is 4.90 Å². The van der Waals surface area contributed by atoms with E-state index in [2.05, 4.69) is 0 Å². The molecule has 0 aromatic heterocycles. The average molecular weight is 263 g/mol. The van der Waals surface area contributed by atoms with Gasteiger partial charge in [-0.2, -0.15) is 0 Å². The minimum absolute atomic E-state index is 0.147. The van der Waals surface area contributed by atoms with Crippen molar-refractivity contribution in [2.75, 3.05) is 40.0 Å². The van der Waals surface area contributed by atoms with E-state index >= 15 is 0 Å². The summed E-state index contributed by atoms with van der Waals surface area (Å²) in [5.41, 5.74) is 1.91. The highest BCUT2D eigenvalue weighted by Gasteiger charge is 2.15. The van der Waals surface area contributed by atoms with E-state index in [-0.39, 0.29) is 5.78 Å². The maximum Gasteiger partial charge on any atom is 0.176 e. The van der Waals surface area contributed by atoms with Gasteiger partial charge in [-0.15, -0.1) is 0 Å². The molecule has 0 spiro atoms. The van der Waals surface area contributed by atoms with Crippen LogP contribution in [0, 0.1) is 0 Å². The van der Waals surface area contributed by atoms with E-state index in [1.807, 2.05) is 37.1 Å². The number of fused-ring (bicyclic) bond motifs is 1. The van der Waals surface area contributed by atoms with Gasteiger partial charge in [0.15, 0.2) is 5.78 Å². The first-order chi connectivity index (χ1) is 9.20. The molecule has 0 bridgehead atoms. The third-order valence-electron chi connectivity index (χ3n) is 3.25. The van der Waals surface area contributed by atoms with Crippen LogP contribution in [0.4, 0.5) is 0 Å². The summed E-state index contributed by atoms with van der Waals surface area (Å²) in [6.45, 7) is 5.27. The second-order valence-electron chi connectivity index (χ2n) is 4.78. The van der Waals surface area contributed by atoms with Gasteiger partial charge in [0.2, 0.25) is 0 Å². The summed E-state index contributed by atoms with van der Waals surface area (Å²) in [5.74, 6) is 1.06. The summed E-state index contributed by atoms with van der Waals surface area (Å²) >= 11 is 0. The van der Waals surface area contributed by atoms with Crippen molar-refractivity contribution in [2.45, 2.75) is 13.3 Å². The van der Waals surface area contributed by atoms with Gasteiger partial charge in [0.05, 0.1) is 19.8 Å². The second kappa shape index (κ2) is 6.68. The smallest absolute Gasteiger partial charge is 0.176 e. The van der Waals surface area contributed by atoms with Crippen molar-refractivity contribution < 1.29 is 14.3 Å². The van der Waals surface area contributed by atoms with Crippen molar-refractivity contribution in [1.29, 1.82) is 0 Å². The molecular formula is C15H21NO3. The SMILES string of the molecule is CCOCCN(C)CC(=O)c1ccc2c(c1)CCO2. The van der Waals surface area contributed by atoms with Crippen LogP contribution < -0.4 is 4.74 Å². The molecule has 2 rings (SSSR count). The fraction of sp³-hybridized carbons (Fsp3) is 0.533. The number of nitrogens with zero attached hydrogens (tertiary/aromatic N) is 1. The molecule has 19 heavy (non-hydrogen) atoms. The van der Waals surface area contributed by atoms with Crippen LogP contribution in [0.3, 0.4) is 0 Å². The lowest BCUT2D eigenvalue weighted by Crippen LogP contribution is -2.29. The van der Waals surface area contributed by atoms with Gasteiger partial charge in [0.25, 0.3) is 0 Å². The largest absolute Gasteiger partial charge is 0.493 e. The van der Waals surface area contributed by atoms with Crippen LogP contribution >= 0.6 is 0 Å². The van der Waals surface area contributed by atoms with E-state index in [9.17, 15) is 4.79 Å². The molecule has 1 aromatic rings. The normalized spacial score (nSPS) is 13.4. The van der Waals surface area contributed by atoms with Crippen molar-refractivity contribution in [2.24, 2.45) is 0 Å². The van der Waals surface area contributed by atoms with Gasteiger partial charge in [-0.05, 0) is 37.7 Å². The molecule has 0 N–H and O–H groups in total. The first-order valence-electron chi connectivity index (χ1n) is 6.76. The number of hydrogen-bond donors (Lipinski definition) is 0. The molecule has 0 atom stereocenters. The molecule has 0 fully saturated rings. The number of rotatable bonds is 7. The maximum absolute atomic E-state index is 12.2. The number of ether oxygens (including phenoxy) is 2. The zero-order valence-corrected chi connectivity index (χ0v) is 11.6. The fourth-order valence-electron chi connectivity index (χ4n) is 2.14. The fourth-order valence-corrected chi connectivity index (χ4v) is 2.14. The topological polar surface area (TPSA) is 38.8 Å². The zero-order valence-electron chi connectivity index (χ0n) is 11.6. The van der Waals surface area contributed by atoms with Gasteiger partial charge >= 0.3 is 0 Å². The average Bonchev–Trinajstić information content (AvgIpc) is 2.86. The summed E-state index contributed by atoms with van der Waals surface area (Å²) < 4.78 is 10.7. The number of carbonyl (C=O) groups excluding carboxylic acids is 1. The van der Waals surface area contributed by atoms with Gasteiger partial charge in [0, 0.05) is 25.1 Å². The molecule has 104 valence electrons. The summed E-state index contributed by atoms with van der Waals surface area (Å²) in [5, 5.41) is 0. The predicted octanol–water partition coefficient (Wildman–Crippen LogP) is 1.77. The minimum atomic E-state index is 0.147. The van der Waals surface area contributed by atoms with Crippen LogP contribution in [0.1, 0.15) is 22.8 Å². The second-order valence-corrected chi connectivity index (χ2v) is 4.78. The highest BCUT2D eigenvalue weighted by Crippen LogP contribution is 2.25. The van der Waals surface area contributed by atoms with Crippen LogP contribution in [-0.2, 0) is 11.2 Å². The van der Waals surface area contributed by atoms with Crippen LogP contribution in [0.5, 0.6) is 5.75 Å². The summed E-state index contributed by atoms with van der Waals surface area (Å²) in [6, 6.07) is 5.71. The van der Waals surface area contributed by atoms with E-state index in [1.54, 1.807) is 0 Å². The van der Waals surface area contributed by atoms with Gasteiger partial charge in [-0.3, -0.25) is 9.69 Å². The number of Topliss-reactive ketones (excluding diaryl/α,β-unsaturated/α-hetero) is 1. The molecule has 4 nitrogen and oxygen atoms in total. The van der Waals surface area contributed by atoms with E-state index in [0.717, 1.165) is 36.4 Å². The van der Waals surface area contributed by atoms with Crippen molar-refractivity contribution >= 4 is 5.78 Å². The summed E-state index contributed by atoms with van der Waals surface area (Å²) in [7, 11) is 1.94. The van der Waals surface area contributed by atoms with E-state index < -0.39 is 0 Å². The molecule has 1 aromatic carbocycles. The highest BCUT2D eigenvalue weighted by molar-refractivity contribution is 5.98. The molecule has 1 heterocycles. The Morgan fingerprint density at radius 2 is 2.32 bits per heavy atom. The Bertz CT molecular complexity index is 445. The Morgan fingerprint density at radius 3 is 3.11 bits per heavy atom. The highest BCUT2D eigenvalue weighted by atomic mass is 16.5. The maximum atomic E-state index is 12.2. The molecule has 0 amide bonds. The monoisotopic (exact) mass is 263 g/mol. The lowest BCUT2D eigenvalue weighted by atomic mass is 10.1. The van der Waals surface area contributed by atoms with Crippen molar-refractivity contribution in [3.63, 3.8) is 0 Å². The zero-order chi connectivity index (χ0) is 13.7. The molecular weight excluding hydrogens is 242 g/mol. The summed E-state index contributed by atoms with van der Waals surface area (Å²) in [4.78, 5) is 14.2. The molecule has 0 aliphatic carbocycles. The third kappa shape index (κ3) is 3.78. The Labute approximate surface area is 114 Å². The lowest BCUT2D eigenvalue weighted by Gasteiger charge is -2.15.